The van der Waals surface area contributed by atoms with Gasteiger partial charge in [-0.1, -0.05) is 35.9 Å². The van der Waals surface area contributed by atoms with Crippen molar-refractivity contribution in [1.82, 2.24) is 9.78 Å². The van der Waals surface area contributed by atoms with Crippen LogP contribution in [0, 0.1) is 6.92 Å². The van der Waals surface area contributed by atoms with E-state index in [0.29, 0.717) is 23.2 Å². The van der Waals surface area contributed by atoms with Crippen LogP contribution in [0.5, 0.6) is 5.75 Å². The Hall–Kier alpha value is -2.44. The highest BCUT2D eigenvalue weighted by Gasteiger charge is 2.30. The zero-order valence-corrected chi connectivity index (χ0v) is 17.2. The Morgan fingerprint density at radius 1 is 1.25 bits per heavy atom. The molecule has 28 heavy (non-hydrogen) atoms. The van der Waals surface area contributed by atoms with E-state index in [4.69, 9.17) is 21.4 Å². The molecule has 7 heteroatoms. The summed E-state index contributed by atoms with van der Waals surface area (Å²) in [5, 5.41) is 8.30. The van der Waals surface area contributed by atoms with Crippen molar-refractivity contribution in [3.63, 3.8) is 0 Å². The second-order valence-corrected chi connectivity index (χ2v) is 7.95. The number of anilines is 1. The van der Waals surface area contributed by atoms with Gasteiger partial charge in [-0.25, -0.2) is 4.68 Å². The van der Waals surface area contributed by atoms with Gasteiger partial charge in [-0.05, 0) is 43.7 Å². The number of hydrogen-bond donors (Lipinski definition) is 1. The van der Waals surface area contributed by atoms with Crippen LogP contribution in [-0.2, 0) is 4.79 Å². The van der Waals surface area contributed by atoms with E-state index in [9.17, 15) is 4.79 Å². The lowest BCUT2D eigenvalue weighted by Crippen LogP contribution is -2.16. The predicted molar refractivity (Wildman–Crippen MR) is 114 cm³/mol. The maximum Gasteiger partial charge on any atom is 0.235 e. The van der Waals surface area contributed by atoms with Crippen LogP contribution in [0.25, 0.3) is 5.69 Å². The summed E-state index contributed by atoms with van der Waals surface area (Å²) in [7, 11) is 0. The topological polar surface area (TPSA) is 56.1 Å². The van der Waals surface area contributed by atoms with E-state index < -0.39 is 0 Å². The quantitative estimate of drug-likeness (QED) is 0.653. The molecular weight excluding hydrogens is 394 g/mol. The number of ether oxygens (including phenoxy) is 1. The van der Waals surface area contributed by atoms with E-state index in [1.807, 2.05) is 50.2 Å². The molecular formula is C21H20ClN3O2S. The third kappa shape index (κ3) is 3.50. The Kier molecular flexibility index (Phi) is 5.33. The Labute approximate surface area is 173 Å². The van der Waals surface area contributed by atoms with Crippen LogP contribution in [0.4, 0.5) is 5.82 Å². The van der Waals surface area contributed by atoms with Crippen molar-refractivity contribution >= 4 is 35.1 Å². The standard InChI is InChI=1S/C21H20ClN3O2S/c1-3-27-15-10-8-14(9-11-15)20-19-13(2)24-25(17-7-5-4-6-16(17)22)21(19)23-18(26)12-28-20/h4-11,20H,3,12H2,1-2H3,(H,23,26)/t20-/m0/s1. The van der Waals surface area contributed by atoms with Gasteiger partial charge in [0.15, 0.2) is 0 Å². The summed E-state index contributed by atoms with van der Waals surface area (Å²) in [6.07, 6.45) is 0. The van der Waals surface area contributed by atoms with Crippen LogP contribution in [0.3, 0.4) is 0 Å². The van der Waals surface area contributed by atoms with Crippen molar-refractivity contribution in [2.24, 2.45) is 0 Å². The molecule has 0 aliphatic carbocycles. The molecule has 1 atom stereocenters. The molecule has 1 aromatic heterocycles. The lowest BCUT2D eigenvalue weighted by Gasteiger charge is -2.16. The zero-order chi connectivity index (χ0) is 19.7. The number of nitrogens with zero attached hydrogens (tertiary/aromatic N) is 2. The molecule has 0 unspecified atom stereocenters. The molecule has 3 aromatic rings. The number of benzene rings is 2. The maximum absolute atomic E-state index is 12.4. The summed E-state index contributed by atoms with van der Waals surface area (Å²) in [4.78, 5) is 12.4. The third-order valence-corrected chi connectivity index (χ3v) is 6.17. The van der Waals surface area contributed by atoms with Crippen LogP contribution < -0.4 is 10.1 Å². The molecule has 1 N–H and O–H groups in total. The van der Waals surface area contributed by atoms with Gasteiger partial charge in [0.05, 0.1) is 34.0 Å². The van der Waals surface area contributed by atoms with Gasteiger partial charge in [-0.2, -0.15) is 5.10 Å². The lowest BCUT2D eigenvalue weighted by atomic mass is 10.0. The van der Waals surface area contributed by atoms with Crippen LogP contribution in [0.2, 0.25) is 5.02 Å². The molecule has 4 rings (SSSR count). The first-order valence-corrected chi connectivity index (χ1v) is 10.5. The first-order chi connectivity index (χ1) is 13.6. The van der Waals surface area contributed by atoms with Gasteiger partial charge in [0.2, 0.25) is 5.91 Å². The molecule has 0 radical (unpaired) electrons. The number of amides is 1. The van der Waals surface area contributed by atoms with Crippen molar-refractivity contribution < 1.29 is 9.53 Å². The van der Waals surface area contributed by atoms with Gasteiger partial charge in [0.25, 0.3) is 0 Å². The Morgan fingerprint density at radius 2 is 2.00 bits per heavy atom. The summed E-state index contributed by atoms with van der Waals surface area (Å²) >= 11 is 7.99. The number of fused-ring (bicyclic) bond motifs is 1. The fraction of sp³-hybridized carbons (Fsp3) is 0.238. The second-order valence-electron chi connectivity index (χ2n) is 6.45. The van der Waals surface area contributed by atoms with Gasteiger partial charge >= 0.3 is 0 Å². The van der Waals surface area contributed by atoms with E-state index in [0.717, 1.165) is 28.3 Å². The average Bonchev–Trinajstić information content (AvgIpc) is 2.89. The van der Waals surface area contributed by atoms with Gasteiger partial charge in [-0.15, -0.1) is 11.8 Å². The first kappa shape index (κ1) is 18.9. The maximum atomic E-state index is 12.4. The molecule has 2 aromatic carbocycles. The smallest absolute Gasteiger partial charge is 0.235 e. The van der Waals surface area contributed by atoms with Crippen molar-refractivity contribution in [2.45, 2.75) is 19.1 Å². The summed E-state index contributed by atoms with van der Waals surface area (Å²) < 4.78 is 7.29. The molecule has 0 bridgehead atoms. The molecule has 2 heterocycles. The van der Waals surface area contributed by atoms with Crippen molar-refractivity contribution in [3.05, 3.63) is 70.4 Å². The largest absolute Gasteiger partial charge is 0.494 e. The number of rotatable bonds is 4. The fourth-order valence-electron chi connectivity index (χ4n) is 3.35. The normalized spacial score (nSPS) is 16.2. The molecule has 144 valence electrons. The van der Waals surface area contributed by atoms with Gasteiger partial charge in [0, 0.05) is 5.56 Å². The molecule has 0 saturated carbocycles. The lowest BCUT2D eigenvalue weighted by molar-refractivity contribution is -0.113. The third-order valence-electron chi connectivity index (χ3n) is 4.58. The summed E-state index contributed by atoms with van der Waals surface area (Å²) in [6.45, 7) is 4.56. The van der Waals surface area contributed by atoms with Crippen LogP contribution in [0.15, 0.2) is 48.5 Å². The molecule has 1 aliphatic rings. The summed E-state index contributed by atoms with van der Waals surface area (Å²) in [5.41, 5.74) is 3.71. The Morgan fingerprint density at radius 3 is 2.71 bits per heavy atom. The molecule has 0 saturated heterocycles. The minimum Gasteiger partial charge on any atom is -0.494 e. The van der Waals surface area contributed by atoms with E-state index >= 15 is 0 Å². The SMILES string of the molecule is CCOc1ccc([C@@H]2SCC(=O)Nc3c2c(C)nn3-c2ccccc2Cl)cc1. The number of carbonyl (C=O) groups is 1. The van der Waals surface area contributed by atoms with Crippen LogP contribution >= 0.6 is 23.4 Å². The molecule has 0 fully saturated rings. The van der Waals surface area contributed by atoms with Crippen LogP contribution in [-0.4, -0.2) is 28.0 Å². The Bertz CT molecular complexity index is 1020. The summed E-state index contributed by atoms with van der Waals surface area (Å²) in [5.74, 6) is 1.84. The van der Waals surface area contributed by atoms with Gasteiger partial charge < -0.3 is 10.1 Å². The highest BCUT2D eigenvalue weighted by Crippen LogP contribution is 2.44. The highest BCUT2D eigenvalue weighted by atomic mass is 35.5. The fourth-order valence-corrected chi connectivity index (χ4v) is 4.75. The summed E-state index contributed by atoms with van der Waals surface area (Å²) in [6, 6.07) is 15.5. The Balaban J connectivity index is 1.83. The number of aryl methyl sites for hydroxylation is 1. The first-order valence-electron chi connectivity index (χ1n) is 9.07. The molecule has 5 nitrogen and oxygen atoms in total. The average molecular weight is 414 g/mol. The highest BCUT2D eigenvalue weighted by molar-refractivity contribution is 8.00. The van der Waals surface area contributed by atoms with Crippen molar-refractivity contribution in [1.29, 1.82) is 0 Å². The van der Waals surface area contributed by atoms with Gasteiger partial charge in [0.1, 0.15) is 11.6 Å². The van der Waals surface area contributed by atoms with Crippen molar-refractivity contribution in [3.8, 4) is 11.4 Å². The van der Waals surface area contributed by atoms with E-state index in [1.54, 1.807) is 16.4 Å². The number of para-hydroxylation sites is 1. The molecule has 1 aliphatic heterocycles. The second kappa shape index (κ2) is 7.89. The minimum absolute atomic E-state index is 0.0131. The van der Waals surface area contributed by atoms with Crippen LogP contribution in [0.1, 0.15) is 29.0 Å². The van der Waals surface area contributed by atoms with E-state index in [1.165, 1.54) is 0 Å². The number of carbonyl (C=O) groups excluding carboxylic acids is 1. The number of halogens is 1. The van der Waals surface area contributed by atoms with Crippen molar-refractivity contribution in [2.75, 3.05) is 17.7 Å². The monoisotopic (exact) mass is 413 g/mol. The molecule has 1 amide bonds. The van der Waals surface area contributed by atoms with Gasteiger partial charge in [-0.3, -0.25) is 4.79 Å². The number of nitrogens with one attached hydrogen (secondary N) is 1. The zero-order valence-electron chi connectivity index (χ0n) is 15.6. The number of thioether (sulfide) groups is 1. The predicted octanol–water partition coefficient (Wildman–Crippen LogP) is 5.01. The van der Waals surface area contributed by atoms with E-state index in [2.05, 4.69) is 17.4 Å². The molecule has 0 spiro atoms. The minimum atomic E-state index is -0.0482. The van der Waals surface area contributed by atoms with E-state index in [-0.39, 0.29) is 11.2 Å². The number of hydrogen-bond acceptors (Lipinski definition) is 4. The number of aromatic nitrogens is 2.